The number of methoxy groups -OCH3 is 1. The van der Waals surface area contributed by atoms with E-state index in [0.29, 0.717) is 17.1 Å². The predicted molar refractivity (Wildman–Crippen MR) is 94.8 cm³/mol. The molecule has 0 spiro atoms. The molecule has 0 saturated carbocycles. The number of amides is 2. The molecular formula is C18H17N3O6. The molecule has 1 aliphatic heterocycles. The maximum Gasteiger partial charge on any atom is 0.329 e. The molecule has 1 heterocycles. The lowest BCUT2D eigenvalue weighted by Crippen LogP contribution is -2.37. The largest absolute Gasteiger partial charge is 0.504 e. The van der Waals surface area contributed by atoms with Gasteiger partial charge in [-0.3, -0.25) is 9.59 Å². The van der Waals surface area contributed by atoms with E-state index >= 15 is 0 Å². The first kappa shape index (κ1) is 18.1. The molecule has 2 amide bonds. The van der Waals surface area contributed by atoms with Crippen LogP contribution in [0.2, 0.25) is 0 Å². The zero-order valence-electron chi connectivity index (χ0n) is 14.4. The van der Waals surface area contributed by atoms with E-state index in [2.05, 4.69) is 15.8 Å². The number of hydrazone groups is 1. The summed E-state index contributed by atoms with van der Waals surface area (Å²) in [5.74, 6) is -0.234. The summed E-state index contributed by atoms with van der Waals surface area (Å²) >= 11 is 0. The van der Waals surface area contributed by atoms with Crippen LogP contribution in [0.15, 0.2) is 41.5 Å². The fourth-order valence-electron chi connectivity index (χ4n) is 2.30. The number of carbonyl (C=O) groups is 2. The molecule has 9 nitrogen and oxygen atoms in total. The summed E-state index contributed by atoms with van der Waals surface area (Å²) < 4.78 is 15.4. The first-order valence-electron chi connectivity index (χ1n) is 7.93. The van der Waals surface area contributed by atoms with Crippen LogP contribution in [-0.4, -0.2) is 37.0 Å². The first-order chi connectivity index (χ1) is 13.1. The van der Waals surface area contributed by atoms with Crippen LogP contribution in [0, 0.1) is 0 Å². The minimum atomic E-state index is -0.905. The van der Waals surface area contributed by atoms with Gasteiger partial charge in [-0.1, -0.05) is 6.07 Å². The zero-order valence-corrected chi connectivity index (χ0v) is 14.4. The van der Waals surface area contributed by atoms with Crippen molar-refractivity contribution in [1.29, 1.82) is 0 Å². The molecule has 3 N–H and O–H groups in total. The number of benzene rings is 2. The third-order valence-electron chi connectivity index (χ3n) is 3.68. The highest BCUT2D eigenvalue weighted by molar-refractivity contribution is 6.35. The number of hydrogen-bond acceptors (Lipinski definition) is 7. The number of nitrogens with one attached hydrogen (secondary N) is 2. The number of rotatable bonds is 5. The second-order valence-corrected chi connectivity index (χ2v) is 5.50. The molecule has 0 aromatic heterocycles. The summed E-state index contributed by atoms with van der Waals surface area (Å²) in [7, 11) is 1.42. The Bertz CT molecular complexity index is 897. The van der Waals surface area contributed by atoms with Crippen LogP contribution in [-0.2, 0) is 16.1 Å². The number of fused-ring (bicyclic) bond motifs is 1. The summed E-state index contributed by atoms with van der Waals surface area (Å²) in [6, 6.07) is 9.77. The average Bonchev–Trinajstić information content (AvgIpc) is 3.15. The van der Waals surface area contributed by atoms with Gasteiger partial charge >= 0.3 is 11.8 Å². The lowest BCUT2D eigenvalue weighted by Gasteiger charge is -2.05. The topological polar surface area (TPSA) is 118 Å². The summed E-state index contributed by atoms with van der Waals surface area (Å²) in [5.41, 5.74) is 3.47. The van der Waals surface area contributed by atoms with Crippen LogP contribution >= 0.6 is 0 Å². The van der Waals surface area contributed by atoms with Gasteiger partial charge in [0.15, 0.2) is 23.0 Å². The van der Waals surface area contributed by atoms with E-state index in [1.807, 2.05) is 0 Å². The Hall–Kier alpha value is -3.75. The van der Waals surface area contributed by atoms with E-state index in [4.69, 9.17) is 14.2 Å². The van der Waals surface area contributed by atoms with Crippen molar-refractivity contribution in [2.75, 3.05) is 13.9 Å². The van der Waals surface area contributed by atoms with Crippen molar-refractivity contribution in [2.24, 2.45) is 5.10 Å². The van der Waals surface area contributed by atoms with Gasteiger partial charge in [0.2, 0.25) is 6.79 Å². The standard InChI is InChI=1S/C18H17N3O6/c1-25-15-6-12(2-4-13(15)22)9-20-21-18(24)17(23)19-8-11-3-5-14-16(7-11)27-10-26-14/h2-7,9,22H,8,10H2,1H3,(H,19,23)(H,21,24)/b20-9-. The van der Waals surface area contributed by atoms with Crippen molar-refractivity contribution >= 4 is 18.0 Å². The third kappa shape index (κ3) is 4.46. The quantitative estimate of drug-likeness (QED) is 0.408. The van der Waals surface area contributed by atoms with Crippen molar-refractivity contribution in [3.05, 3.63) is 47.5 Å². The Balaban J connectivity index is 1.50. The van der Waals surface area contributed by atoms with Gasteiger partial charge in [0.1, 0.15) is 0 Å². The number of carbonyl (C=O) groups excluding carboxylic acids is 2. The van der Waals surface area contributed by atoms with Crippen LogP contribution in [0.3, 0.4) is 0 Å². The highest BCUT2D eigenvalue weighted by Crippen LogP contribution is 2.32. The highest BCUT2D eigenvalue weighted by atomic mass is 16.7. The molecular weight excluding hydrogens is 354 g/mol. The molecule has 0 fully saturated rings. The minimum absolute atomic E-state index is 0.0124. The molecule has 1 aliphatic rings. The third-order valence-corrected chi connectivity index (χ3v) is 3.68. The fourth-order valence-corrected chi connectivity index (χ4v) is 2.30. The second-order valence-electron chi connectivity index (χ2n) is 5.50. The number of ether oxygens (including phenoxy) is 3. The molecule has 3 rings (SSSR count). The summed E-state index contributed by atoms with van der Waals surface area (Å²) in [6.07, 6.45) is 1.32. The second kappa shape index (κ2) is 8.09. The van der Waals surface area contributed by atoms with Crippen LogP contribution in [0.25, 0.3) is 0 Å². The molecule has 0 atom stereocenters. The van der Waals surface area contributed by atoms with Crippen molar-refractivity contribution < 1.29 is 28.9 Å². The number of hydrogen-bond donors (Lipinski definition) is 3. The smallest absolute Gasteiger partial charge is 0.329 e. The number of phenolic OH excluding ortho intramolecular Hbond substituents is 1. The molecule has 140 valence electrons. The van der Waals surface area contributed by atoms with E-state index in [-0.39, 0.29) is 24.8 Å². The Morgan fingerprint density at radius 3 is 2.81 bits per heavy atom. The lowest BCUT2D eigenvalue weighted by molar-refractivity contribution is -0.139. The Kier molecular flexibility index (Phi) is 5.41. The molecule has 0 bridgehead atoms. The normalized spacial score (nSPS) is 12.0. The van der Waals surface area contributed by atoms with Gasteiger partial charge in [0.25, 0.3) is 0 Å². The Morgan fingerprint density at radius 2 is 2.00 bits per heavy atom. The van der Waals surface area contributed by atoms with Gasteiger partial charge in [0, 0.05) is 6.54 Å². The number of nitrogens with zero attached hydrogens (tertiary/aromatic N) is 1. The van der Waals surface area contributed by atoms with Crippen LogP contribution in [0.1, 0.15) is 11.1 Å². The predicted octanol–water partition coefficient (Wildman–Crippen LogP) is 0.896. The summed E-state index contributed by atoms with van der Waals surface area (Å²) in [6.45, 7) is 0.320. The minimum Gasteiger partial charge on any atom is -0.504 e. The van der Waals surface area contributed by atoms with Crippen LogP contribution in [0.4, 0.5) is 0 Å². The van der Waals surface area contributed by atoms with Gasteiger partial charge in [-0.25, -0.2) is 5.43 Å². The van der Waals surface area contributed by atoms with Crippen LogP contribution in [0.5, 0.6) is 23.0 Å². The average molecular weight is 371 g/mol. The van der Waals surface area contributed by atoms with Gasteiger partial charge in [0.05, 0.1) is 13.3 Å². The fraction of sp³-hybridized carbons (Fsp3) is 0.167. The van der Waals surface area contributed by atoms with E-state index in [1.165, 1.54) is 25.5 Å². The molecule has 2 aromatic rings. The summed E-state index contributed by atoms with van der Waals surface area (Å²) in [4.78, 5) is 23.6. The SMILES string of the molecule is COc1cc(/C=N\NC(=O)C(=O)NCc2ccc3c(c2)OCO3)ccc1O. The van der Waals surface area contributed by atoms with Crippen molar-refractivity contribution in [2.45, 2.75) is 6.54 Å². The maximum absolute atomic E-state index is 11.8. The first-order valence-corrected chi connectivity index (χ1v) is 7.93. The monoisotopic (exact) mass is 371 g/mol. The molecule has 0 unspecified atom stereocenters. The van der Waals surface area contributed by atoms with Gasteiger partial charge in [-0.05, 0) is 41.5 Å². The maximum atomic E-state index is 11.8. The summed E-state index contributed by atoms with van der Waals surface area (Å²) in [5, 5.41) is 15.7. The van der Waals surface area contributed by atoms with E-state index < -0.39 is 11.8 Å². The van der Waals surface area contributed by atoms with Crippen molar-refractivity contribution in [1.82, 2.24) is 10.7 Å². The van der Waals surface area contributed by atoms with Gasteiger partial charge in [-0.2, -0.15) is 5.10 Å². The van der Waals surface area contributed by atoms with E-state index in [9.17, 15) is 14.7 Å². The van der Waals surface area contributed by atoms with Crippen LogP contribution < -0.4 is 25.0 Å². The molecule has 0 radical (unpaired) electrons. The molecule has 0 saturated heterocycles. The Morgan fingerprint density at radius 1 is 1.19 bits per heavy atom. The van der Waals surface area contributed by atoms with E-state index in [0.717, 1.165) is 5.56 Å². The highest BCUT2D eigenvalue weighted by Gasteiger charge is 2.15. The number of aromatic hydroxyl groups is 1. The lowest BCUT2D eigenvalue weighted by atomic mass is 10.2. The van der Waals surface area contributed by atoms with Crippen molar-refractivity contribution in [3.8, 4) is 23.0 Å². The molecule has 27 heavy (non-hydrogen) atoms. The molecule has 2 aromatic carbocycles. The van der Waals surface area contributed by atoms with E-state index in [1.54, 1.807) is 24.3 Å². The van der Waals surface area contributed by atoms with Crippen molar-refractivity contribution in [3.63, 3.8) is 0 Å². The Labute approximate surface area is 154 Å². The molecule has 0 aliphatic carbocycles. The van der Waals surface area contributed by atoms with Gasteiger partial charge < -0.3 is 24.6 Å². The zero-order chi connectivity index (χ0) is 19.2. The molecule has 9 heteroatoms. The van der Waals surface area contributed by atoms with Gasteiger partial charge in [-0.15, -0.1) is 0 Å². The number of phenols is 1.